The Morgan fingerprint density at radius 1 is 1.04 bits per heavy atom. The Morgan fingerprint density at radius 3 is 2.46 bits per heavy atom. The normalized spacial score (nSPS) is 14.9. The Labute approximate surface area is 155 Å². The Kier molecular flexibility index (Phi) is 6.05. The molecule has 2 amide bonds. The van der Waals surface area contributed by atoms with E-state index in [4.69, 9.17) is 0 Å². The van der Waals surface area contributed by atoms with Gasteiger partial charge in [0.2, 0.25) is 5.91 Å². The van der Waals surface area contributed by atoms with Gasteiger partial charge in [0.1, 0.15) is 0 Å². The maximum atomic E-state index is 12.4. The van der Waals surface area contributed by atoms with Crippen LogP contribution in [-0.4, -0.2) is 35.8 Å². The summed E-state index contributed by atoms with van der Waals surface area (Å²) >= 11 is 0. The fraction of sp³-hybridized carbons (Fsp3) is 0.364. The summed E-state index contributed by atoms with van der Waals surface area (Å²) in [4.78, 5) is 26.7. The first-order valence-electron chi connectivity index (χ1n) is 9.31. The topological polar surface area (TPSA) is 49.4 Å². The largest absolute Gasteiger partial charge is 0.349 e. The van der Waals surface area contributed by atoms with Crippen LogP contribution in [0.15, 0.2) is 54.6 Å². The first kappa shape index (κ1) is 18.2. The van der Waals surface area contributed by atoms with Gasteiger partial charge in [-0.1, -0.05) is 48.0 Å². The molecule has 0 spiro atoms. The minimum absolute atomic E-state index is 0.0254. The molecule has 0 bridgehead atoms. The van der Waals surface area contributed by atoms with Crippen LogP contribution in [0.25, 0.3) is 0 Å². The molecule has 2 aromatic carbocycles. The Morgan fingerprint density at radius 2 is 1.77 bits per heavy atom. The maximum Gasteiger partial charge on any atom is 0.251 e. The molecular weight excluding hydrogens is 324 g/mol. The van der Waals surface area contributed by atoms with Crippen molar-refractivity contribution < 1.29 is 9.59 Å². The van der Waals surface area contributed by atoms with Crippen LogP contribution in [-0.2, 0) is 11.2 Å². The van der Waals surface area contributed by atoms with E-state index < -0.39 is 0 Å². The molecule has 0 saturated carbocycles. The molecule has 0 unspecified atom stereocenters. The van der Waals surface area contributed by atoms with E-state index in [9.17, 15) is 9.59 Å². The molecule has 4 heteroatoms. The van der Waals surface area contributed by atoms with Gasteiger partial charge in [0.15, 0.2) is 0 Å². The monoisotopic (exact) mass is 350 g/mol. The molecule has 3 rings (SSSR count). The molecule has 136 valence electrons. The number of aryl methyl sites for hydroxylation is 2. The SMILES string of the molecule is Cc1cccc(C(=O)NC2CCN(C(=O)CCc3ccccc3)CC2)c1. The molecule has 2 aromatic rings. The van der Waals surface area contributed by atoms with Gasteiger partial charge >= 0.3 is 0 Å². The van der Waals surface area contributed by atoms with E-state index in [0.717, 1.165) is 24.8 Å². The number of carbonyl (C=O) groups is 2. The minimum Gasteiger partial charge on any atom is -0.349 e. The lowest BCUT2D eigenvalue weighted by molar-refractivity contribution is -0.132. The molecule has 0 aromatic heterocycles. The highest BCUT2D eigenvalue weighted by molar-refractivity contribution is 5.94. The lowest BCUT2D eigenvalue weighted by atomic mass is 10.0. The molecule has 1 heterocycles. The van der Waals surface area contributed by atoms with Crippen molar-refractivity contribution in [2.75, 3.05) is 13.1 Å². The summed E-state index contributed by atoms with van der Waals surface area (Å²) < 4.78 is 0. The van der Waals surface area contributed by atoms with Crippen LogP contribution >= 0.6 is 0 Å². The van der Waals surface area contributed by atoms with Gasteiger partial charge in [-0.05, 0) is 43.9 Å². The average Bonchev–Trinajstić information content (AvgIpc) is 2.67. The van der Waals surface area contributed by atoms with Gasteiger partial charge in [-0.25, -0.2) is 0 Å². The van der Waals surface area contributed by atoms with Crippen LogP contribution in [0.1, 0.15) is 40.7 Å². The number of nitrogens with one attached hydrogen (secondary N) is 1. The van der Waals surface area contributed by atoms with Crippen molar-refractivity contribution in [3.63, 3.8) is 0 Å². The number of hydrogen-bond acceptors (Lipinski definition) is 2. The zero-order chi connectivity index (χ0) is 18.4. The van der Waals surface area contributed by atoms with E-state index >= 15 is 0 Å². The summed E-state index contributed by atoms with van der Waals surface area (Å²) in [5.74, 6) is 0.180. The van der Waals surface area contributed by atoms with Gasteiger partial charge in [-0.3, -0.25) is 9.59 Å². The fourth-order valence-corrected chi connectivity index (χ4v) is 3.38. The van der Waals surface area contributed by atoms with Crippen molar-refractivity contribution in [1.29, 1.82) is 0 Å². The fourth-order valence-electron chi connectivity index (χ4n) is 3.38. The first-order valence-corrected chi connectivity index (χ1v) is 9.31. The quantitative estimate of drug-likeness (QED) is 0.899. The summed E-state index contributed by atoms with van der Waals surface area (Å²) in [5.41, 5.74) is 2.98. The average molecular weight is 350 g/mol. The number of amides is 2. The molecule has 1 aliphatic heterocycles. The van der Waals surface area contributed by atoms with Gasteiger partial charge in [0.05, 0.1) is 0 Å². The molecule has 1 N–H and O–H groups in total. The lowest BCUT2D eigenvalue weighted by Gasteiger charge is -2.32. The van der Waals surface area contributed by atoms with Crippen LogP contribution in [0.3, 0.4) is 0 Å². The zero-order valence-electron chi connectivity index (χ0n) is 15.3. The number of piperidine rings is 1. The van der Waals surface area contributed by atoms with Crippen molar-refractivity contribution in [2.45, 2.75) is 38.6 Å². The van der Waals surface area contributed by atoms with Gasteiger partial charge in [-0.15, -0.1) is 0 Å². The molecule has 4 nitrogen and oxygen atoms in total. The maximum absolute atomic E-state index is 12.4. The molecule has 1 saturated heterocycles. The van der Waals surface area contributed by atoms with Gasteiger partial charge in [0.25, 0.3) is 5.91 Å². The summed E-state index contributed by atoms with van der Waals surface area (Å²) in [7, 11) is 0. The van der Waals surface area contributed by atoms with E-state index in [0.29, 0.717) is 25.1 Å². The van der Waals surface area contributed by atoms with E-state index in [1.54, 1.807) is 0 Å². The second-order valence-corrected chi connectivity index (χ2v) is 6.98. The Hall–Kier alpha value is -2.62. The zero-order valence-corrected chi connectivity index (χ0v) is 15.3. The predicted molar refractivity (Wildman–Crippen MR) is 103 cm³/mol. The molecule has 1 aliphatic rings. The lowest BCUT2D eigenvalue weighted by Crippen LogP contribution is -2.46. The minimum atomic E-state index is -0.0254. The number of likely N-dealkylation sites (tertiary alicyclic amines) is 1. The van der Waals surface area contributed by atoms with Crippen molar-refractivity contribution >= 4 is 11.8 Å². The third-order valence-electron chi connectivity index (χ3n) is 4.93. The summed E-state index contributed by atoms with van der Waals surface area (Å²) in [6.07, 6.45) is 2.96. The number of carbonyl (C=O) groups excluding carboxylic acids is 2. The van der Waals surface area contributed by atoms with Gasteiger partial charge in [0, 0.05) is 31.1 Å². The molecule has 0 aliphatic carbocycles. The molecule has 0 atom stereocenters. The van der Waals surface area contributed by atoms with Crippen molar-refractivity contribution in [1.82, 2.24) is 10.2 Å². The van der Waals surface area contributed by atoms with Crippen molar-refractivity contribution in [3.05, 3.63) is 71.3 Å². The number of benzene rings is 2. The number of nitrogens with zero attached hydrogens (tertiary/aromatic N) is 1. The highest BCUT2D eigenvalue weighted by atomic mass is 16.2. The van der Waals surface area contributed by atoms with Gasteiger partial charge in [-0.2, -0.15) is 0 Å². The second-order valence-electron chi connectivity index (χ2n) is 6.98. The molecule has 0 radical (unpaired) electrons. The third-order valence-corrected chi connectivity index (χ3v) is 4.93. The molecule has 26 heavy (non-hydrogen) atoms. The number of rotatable bonds is 5. The van der Waals surface area contributed by atoms with E-state index in [-0.39, 0.29) is 17.9 Å². The third kappa shape index (κ3) is 4.94. The highest BCUT2D eigenvalue weighted by Crippen LogP contribution is 2.14. The molecular formula is C22H26N2O2. The highest BCUT2D eigenvalue weighted by Gasteiger charge is 2.23. The van der Waals surface area contributed by atoms with Gasteiger partial charge < -0.3 is 10.2 Å². The standard InChI is InChI=1S/C22H26N2O2/c1-17-6-5-9-19(16-17)22(26)23-20-12-14-24(15-13-20)21(25)11-10-18-7-3-2-4-8-18/h2-9,16,20H,10-15H2,1H3,(H,23,26). The van der Waals surface area contributed by atoms with E-state index in [2.05, 4.69) is 17.4 Å². The number of hydrogen-bond donors (Lipinski definition) is 1. The van der Waals surface area contributed by atoms with Crippen LogP contribution in [0.4, 0.5) is 0 Å². The summed E-state index contributed by atoms with van der Waals surface area (Å²) in [6.45, 7) is 3.41. The second kappa shape index (κ2) is 8.65. The predicted octanol–water partition coefficient (Wildman–Crippen LogP) is 3.35. The first-order chi connectivity index (χ1) is 12.6. The summed E-state index contributed by atoms with van der Waals surface area (Å²) in [6, 6.07) is 17.9. The smallest absolute Gasteiger partial charge is 0.251 e. The van der Waals surface area contributed by atoms with E-state index in [1.165, 1.54) is 5.56 Å². The van der Waals surface area contributed by atoms with Crippen molar-refractivity contribution in [2.24, 2.45) is 0 Å². The van der Waals surface area contributed by atoms with Crippen LogP contribution in [0.5, 0.6) is 0 Å². The van der Waals surface area contributed by atoms with Crippen LogP contribution in [0.2, 0.25) is 0 Å². The van der Waals surface area contributed by atoms with Crippen molar-refractivity contribution in [3.8, 4) is 0 Å². The van der Waals surface area contributed by atoms with E-state index in [1.807, 2.05) is 54.3 Å². The Bertz CT molecular complexity index is 750. The van der Waals surface area contributed by atoms with Crippen LogP contribution in [0, 0.1) is 6.92 Å². The Balaban J connectivity index is 1.43. The molecule has 1 fully saturated rings. The van der Waals surface area contributed by atoms with Crippen LogP contribution < -0.4 is 5.32 Å². The summed E-state index contributed by atoms with van der Waals surface area (Å²) in [5, 5.41) is 3.10.